The van der Waals surface area contributed by atoms with E-state index in [1.807, 2.05) is 4.90 Å². The van der Waals surface area contributed by atoms with E-state index in [4.69, 9.17) is 0 Å². The number of hydrogen-bond acceptors (Lipinski definition) is 1. The van der Waals surface area contributed by atoms with Crippen molar-refractivity contribution in [3.05, 3.63) is 0 Å². The van der Waals surface area contributed by atoms with Crippen LogP contribution in [0.5, 0.6) is 0 Å². The lowest BCUT2D eigenvalue weighted by molar-refractivity contribution is -0.131. The lowest BCUT2D eigenvalue weighted by Crippen LogP contribution is -2.29. The molecule has 1 atom stereocenters. The van der Waals surface area contributed by atoms with Crippen LogP contribution in [0.25, 0.3) is 0 Å². The van der Waals surface area contributed by atoms with Crippen molar-refractivity contribution in [1.82, 2.24) is 4.90 Å². The second-order valence-electron chi connectivity index (χ2n) is 4.33. The van der Waals surface area contributed by atoms with E-state index in [0.717, 1.165) is 13.1 Å². The SMILES string of the molecule is C#C.C#C.CC(C)CC(=O)N1CC[C@@H](C)C1. The second-order valence-corrected chi connectivity index (χ2v) is 4.33. The summed E-state index contributed by atoms with van der Waals surface area (Å²) in [5.41, 5.74) is 0. The van der Waals surface area contributed by atoms with Crippen molar-refractivity contribution in [1.29, 1.82) is 0 Å². The van der Waals surface area contributed by atoms with Crippen LogP contribution in [0.4, 0.5) is 0 Å². The molecule has 0 aromatic carbocycles. The molecule has 1 fully saturated rings. The van der Waals surface area contributed by atoms with Gasteiger partial charge in [-0.25, -0.2) is 0 Å². The summed E-state index contributed by atoms with van der Waals surface area (Å²) in [6.07, 6.45) is 17.9. The first-order valence-electron chi connectivity index (χ1n) is 5.54. The summed E-state index contributed by atoms with van der Waals surface area (Å²) < 4.78 is 0. The van der Waals surface area contributed by atoms with Gasteiger partial charge in [-0.1, -0.05) is 20.8 Å². The van der Waals surface area contributed by atoms with Gasteiger partial charge >= 0.3 is 0 Å². The number of likely N-dealkylation sites (tertiary alicyclic amines) is 1. The molecule has 0 spiro atoms. The van der Waals surface area contributed by atoms with Gasteiger partial charge in [-0.3, -0.25) is 4.79 Å². The van der Waals surface area contributed by atoms with Crippen molar-refractivity contribution in [3.63, 3.8) is 0 Å². The van der Waals surface area contributed by atoms with Crippen molar-refractivity contribution in [3.8, 4) is 25.7 Å². The van der Waals surface area contributed by atoms with Gasteiger partial charge in [-0.05, 0) is 18.3 Å². The van der Waals surface area contributed by atoms with Crippen molar-refractivity contribution in [2.45, 2.75) is 33.6 Å². The van der Waals surface area contributed by atoms with E-state index >= 15 is 0 Å². The van der Waals surface area contributed by atoms with Gasteiger partial charge in [0.2, 0.25) is 5.91 Å². The molecule has 0 aromatic heterocycles. The predicted molar refractivity (Wildman–Crippen MR) is 69.6 cm³/mol. The Morgan fingerprint density at radius 3 is 2.12 bits per heavy atom. The first kappa shape index (κ1) is 17.0. The van der Waals surface area contributed by atoms with Crippen molar-refractivity contribution >= 4 is 5.91 Å². The average Bonchev–Trinajstić information content (AvgIpc) is 2.70. The van der Waals surface area contributed by atoms with Gasteiger partial charge in [-0.15, -0.1) is 25.7 Å². The standard InChI is InChI=1S/C10H19NO.2C2H2/c1-8(2)6-10(12)11-5-4-9(3)7-11;2*1-2/h8-9H,4-7H2,1-3H3;2*1-2H/t9-;;/m1../s1. The van der Waals surface area contributed by atoms with E-state index < -0.39 is 0 Å². The third-order valence-corrected chi connectivity index (χ3v) is 2.36. The quantitative estimate of drug-likeness (QED) is 0.656. The Morgan fingerprint density at radius 1 is 1.31 bits per heavy atom. The maximum absolute atomic E-state index is 11.5. The lowest BCUT2D eigenvalue weighted by atomic mass is 10.1. The minimum absolute atomic E-state index is 0.342. The fourth-order valence-corrected chi connectivity index (χ4v) is 1.64. The van der Waals surface area contributed by atoms with E-state index in [2.05, 4.69) is 46.5 Å². The molecular formula is C14H23NO. The van der Waals surface area contributed by atoms with Crippen LogP contribution in [-0.2, 0) is 4.79 Å². The highest BCUT2D eigenvalue weighted by Gasteiger charge is 2.22. The Balaban J connectivity index is 0. The summed E-state index contributed by atoms with van der Waals surface area (Å²) in [5, 5.41) is 0. The van der Waals surface area contributed by atoms with Gasteiger partial charge in [-0.2, -0.15) is 0 Å². The van der Waals surface area contributed by atoms with Gasteiger partial charge < -0.3 is 4.90 Å². The maximum Gasteiger partial charge on any atom is 0.222 e. The van der Waals surface area contributed by atoms with E-state index in [9.17, 15) is 4.79 Å². The van der Waals surface area contributed by atoms with E-state index in [-0.39, 0.29) is 0 Å². The fourth-order valence-electron chi connectivity index (χ4n) is 1.64. The Kier molecular flexibility index (Phi) is 10.8. The highest BCUT2D eigenvalue weighted by Crippen LogP contribution is 2.17. The topological polar surface area (TPSA) is 20.3 Å². The molecule has 0 N–H and O–H groups in total. The zero-order valence-corrected chi connectivity index (χ0v) is 10.6. The highest BCUT2D eigenvalue weighted by atomic mass is 16.2. The molecule has 1 saturated heterocycles. The van der Waals surface area contributed by atoms with Crippen molar-refractivity contribution in [2.24, 2.45) is 11.8 Å². The first-order chi connectivity index (χ1) is 7.59. The molecule has 1 aliphatic rings. The molecular weight excluding hydrogens is 198 g/mol. The van der Waals surface area contributed by atoms with Crippen LogP contribution in [-0.4, -0.2) is 23.9 Å². The minimum Gasteiger partial charge on any atom is -0.342 e. The number of carbonyl (C=O) groups excluding carboxylic acids is 1. The Morgan fingerprint density at radius 2 is 1.81 bits per heavy atom. The first-order valence-corrected chi connectivity index (χ1v) is 5.54. The van der Waals surface area contributed by atoms with Crippen LogP contribution in [0, 0.1) is 37.5 Å². The summed E-state index contributed by atoms with van der Waals surface area (Å²) in [6.45, 7) is 8.36. The van der Waals surface area contributed by atoms with Crippen LogP contribution in [0.1, 0.15) is 33.6 Å². The largest absolute Gasteiger partial charge is 0.342 e. The Hall–Kier alpha value is -1.41. The summed E-state index contributed by atoms with van der Waals surface area (Å²) in [5.74, 6) is 1.55. The van der Waals surface area contributed by atoms with Gasteiger partial charge in [0.05, 0.1) is 0 Å². The van der Waals surface area contributed by atoms with E-state index in [0.29, 0.717) is 24.2 Å². The summed E-state index contributed by atoms with van der Waals surface area (Å²) in [7, 11) is 0. The van der Waals surface area contributed by atoms with Gasteiger partial charge in [0.25, 0.3) is 0 Å². The second kappa shape index (κ2) is 10.1. The zero-order chi connectivity index (χ0) is 13.1. The molecule has 0 aliphatic carbocycles. The lowest BCUT2D eigenvalue weighted by Gasteiger charge is -2.16. The van der Waals surface area contributed by atoms with Crippen LogP contribution >= 0.6 is 0 Å². The van der Waals surface area contributed by atoms with Gasteiger partial charge in [0.15, 0.2) is 0 Å². The summed E-state index contributed by atoms with van der Waals surface area (Å²) in [6, 6.07) is 0. The van der Waals surface area contributed by atoms with Crippen LogP contribution in [0.15, 0.2) is 0 Å². The van der Waals surface area contributed by atoms with Gasteiger partial charge in [0, 0.05) is 19.5 Å². The fraction of sp³-hybridized carbons (Fsp3) is 0.643. The van der Waals surface area contributed by atoms with E-state index in [1.165, 1.54) is 6.42 Å². The average molecular weight is 221 g/mol. The smallest absolute Gasteiger partial charge is 0.222 e. The zero-order valence-electron chi connectivity index (χ0n) is 10.6. The molecule has 1 rings (SSSR count). The van der Waals surface area contributed by atoms with Gasteiger partial charge in [0.1, 0.15) is 0 Å². The number of carbonyl (C=O) groups is 1. The number of amides is 1. The molecule has 0 radical (unpaired) electrons. The predicted octanol–water partition coefficient (Wildman–Crippen LogP) is 2.40. The molecule has 0 bridgehead atoms. The number of hydrogen-bond donors (Lipinski definition) is 0. The molecule has 2 nitrogen and oxygen atoms in total. The van der Waals surface area contributed by atoms with Crippen LogP contribution in [0.3, 0.4) is 0 Å². The highest BCUT2D eigenvalue weighted by molar-refractivity contribution is 5.76. The normalized spacial score (nSPS) is 18.0. The van der Waals surface area contributed by atoms with E-state index in [1.54, 1.807) is 0 Å². The Bertz CT molecular complexity index is 221. The molecule has 1 heterocycles. The summed E-state index contributed by atoms with van der Waals surface area (Å²) in [4.78, 5) is 13.5. The monoisotopic (exact) mass is 221 g/mol. The van der Waals surface area contributed by atoms with Crippen molar-refractivity contribution < 1.29 is 4.79 Å². The minimum atomic E-state index is 0.342. The molecule has 90 valence electrons. The Labute approximate surface area is 100 Å². The number of nitrogens with zero attached hydrogens (tertiary/aromatic N) is 1. The summed E-state index contributed by atoms with van der Waals surface area (Å²) >= 11 is 0. The molecule has 1 amide bonds. The van der Waals surface area contributed by atoms with Crippen molar-refractivity contribution in [2.75, 3.05) is 13.1 Å². The molecule has 0 aromatic rings. The number of terminal acetylenes is 2. The molecule has 2 heteroatoms. The van der Waals surface area contributed by atoms with Crippen LogP contribution < -0.4 is 0 Å². The third-order valence-electron chi connectivity index (χ3n) is 2.36. The molecule has 0 unspecified atom stereocenters. The third kappa shape index (κ3) is 6.96. The van der Waals surface area contributed by atoms with Crippen LogP contribution in [0.2, 0.25) is 0 Å². The molecule has 16 heavy (non-hydrogen) atoms. The maximum atomic E-state index is 11.5. The molecule has 1 aliphatic heterocycles. The molecule has 0 saturated carbocycles. The number of rotatable bonds is 2.